The average Bonchev–Trinajstić information content (AvgIpc) is 2.68. The topological polar surface area (TPSA) is 59.9 Å². The maximum atomic E-state index is 12.5. The minimum atomic E-state index is -0.324. The van der Waals surface area contributed by atoms with Crippen molar-refractivity contribution < 1.29 is 14.3 Å². The van der Waals surface area contributed by atoms with Crippen molar-refractivity contribution in [2.24, 2.45) is 5.10 Å². The van der Waals surface area contributed by atoms with Crippen LogP contribution in [0.5, 0.6) is 11.5 Å². The van der Waals surface area contributed by atoms with Crippen molar-refractivity contribution in [2.75, 3.05) is 13.7 Å². The number of methoxy groups -OCH3 is 1. The van der Waals surface area contributed by atoms with Gasteiger partial charge in [0.05, 0.1) is 25.5 Å². The van der Waals surface area contributed by atoms with Crippen molar-refractivity contribution in [3.8, 4) is 11.5 Å². The summed E-state index contributed by atoms with van der Waals surface area (Å²) in [6.45, 7) is 2.56. The molecule has 0 aliphatic heterocycles. The van der Waals surface area contributed by atoms with Crippen LogP contribution >= 0.6 is 0 Å². The second-order valence-corrected chi connectivity index (χ2v) is 5.60. The van der Waals surface area contributed by atoms with Gasteiger partial charge < -0.3 is 9.47 Å². The van der Waals surface area contributed by atoms with Gasteiger partial charge in [0.25, 0.3) is 5.91 Å². The standard InChI is InChI=1S/C21H20N2O3/c1-3-26-18-10-8-15(9-11-18)14-22-23-21(24)19-12-16-6-4-5-7-17(16)13-20(19)25-2/h4-14H,3H2,1-2H3,(H,23,24)/b22-14-. The first kappa shape index (κ1) is 17.5. The smallest absolute Gasteiger partial charge is 0.275 e. The van der Waals surface area contributed by atoms with E-state index in [0.717, 1.165) is 22.1 Å². The zero-order valence-electron chi connectivity index (χ0n) is 14.7. The largest absolute Gasteiger partial charge is 0.496 e. The number of nitrogens with one attached hydrogen (secondary N) is 1. The number of hydrogen-bond donors (Lipinski definition) is 1. The molecule has 0 atom stereocenters. The molecule has 0 heterocycles. The predicted molar refractivity (Wildman–Crippen MR) is 103 cm³/mol. The lowest BCUT2D eigenvalue weighted by molar-refractivity contribution is 0.0952. The zero-order chi connectivity index (χ0) is 18.4. The van der Waals surface area contributed by atoms with Gasteiger partial charge in [-0.05, 0) is 59.7 Å². The molecule has 1 amide bonds. The zero-order valence-corrected chi connectivity index (χ0v) is 14.7. The van der Waals surface area contributed by atoms with Gasteiger partial charge in [-0.15, -0.1) is 0 Å². The Hall–Kier alpha value is -3.34. The second kappa shape index (κ2) is 8.16. The second-order valence-electron chi connectivity index (χ2n) is 5.60. The molecule has 26 heavy (non-hydrogen) atoms. The summed E-state index contributed by atoms with van der Waals surface area (Å²) in [5.41, 5.74) is 3.85. The van der Waals surface area contributed by atoms with E-state index >= 15 is 0 Å². The lowest BCUT2D eigenvalue weighted by Gasteiger charge is -2.09. The van der Waals surface area contributed by atoms with Gasteiger partial charge in [0.1, 0.15) is 11.5 Å². The number of hydrogen-bond acceptors (Lipinski definition) is 4. The van der Waals surface area contributed by atoms with Crippen molar-refractivity contribution in [1.29, 1.82) is 0 Å². The molecule has 3 rings (SSSR count). The number of amides is 1. The molecule has 0 fully saturated rings. The molecule has 0 spiro atoms. The Morgan fingerprint density at radius 3 is 2.42 bits per heavy atom. The molecular formula is C21H20N2O3. The summed E-state index contributed by atoms with van der Waals surface area (Å²) in [4.78, 5) is 12.5. The van der Waals surface area contributed by atoms with E-state index in [9.17, 15) is 4.79 Å². The van der Waals surface area contributed by atoms with E-state index in [-0.39, 0.29) is 5.91 Å². The summed E-state index contributed by atoms with van der Waals surface area (Å²) in [5.74, 6) is 0.988. The number of rotatable bonds is 6. The number of carbonyl (C=O) groups excluding carboxylic acids is 1. The summed E-state index contributed by atoms with van der Waals surface area (Å²) in [5, 5.41) is 6.01. The number of hydrazone groups is 1. The lowest BCUT2D eigenvalue weighted by atomic mass is 10.1. The Bertz CT molecular complexity index is 934. The van der Waals surface area contributed by atoms with Crippen LogP contribution in [0.2, 0.25) is 0 Å². The fourth-order valence-electron chi connectivity index (χ4n) is 2.61. The molecule has 0 bridgehead atoms. The third kappa shape index (κ3) is 4.00. The normalized spacial score (nSPS) is 10.8. The first-order chi connectivity index (χ1) is 12.7. The predicted octanol–water partition coefficient (Wildman–Crippen LogP) is 4.01. The van der Waals surface area contributed by atoms with E-state index < -0.39 is 0 Å². The Kier molecular flexibility index (Phi) is 5.49. The summed E-state index contributed by atoms with van der Waals surface area (Å²) in [6, 6.07) is 18.9. The summed E-state index contributed by atoms with van der Waals surface area (Å²) < 4.78 is 10.7. The third-order valence-electron chi connectivity index (χ3n) is 3.88. The van der Waals surface area contributed by atoms with Crippen molar-refractivity contribution in [1.82, 2.24) is 5.43 Å². The fourth-order valence-corrected chi connectivity index (χ4v) is 2.61. The minimum Gasteiger partial charge on any atom is -0.496 e. The van der Waals surface area contributed by atoms with Crippen LogP contribution in [0.15, 0.2) is 65.8 Å². The molecule has 0 aliphatic carbocycles. The Morgan fingerprint density at radius 2 is 1.77 bits per heavy atom. The summed E-state index contributed by atoms with van der Waals surface area (Å²) in [6.07, 6.45) is 1.58. The van der Waals surface area contributed by atoms with E-state index in [4.69, 9.17) is 9.47 Å². The molecule has 0 radical (unpaired) electrons. The average molecular weight is 348 g/mol. The highest BCUT2D eigenvalue weighted by Crippen LogP contribution is 2.25. The van der Waals surface area contributed by atoms with Crippen LogP contribution in [0.25, 0.3) is 10.8 Å². The van der Waals surface area contributed by atoms with E-state index in [1.54, 1.807) is 19.4 Å². The molecule has 1 N–H and O–H groups in total. The number of fused-ring (bicyclic) bond motifs is 1. The molecule has 132 valence electrons. The van der Waals surface area contributed by atoms with Gasteiger partial charge in [-0.3, -0.25) is 4.79 Å². The molecule has 3 aromatic carbocycles. The van der Waals surface area contributed by atoms with Crippen LogP contribution < -0.4 is 14.9 Å². The molecule has 0 saturated carbocycles. The van der Waals surface area contributed by atoms with Crippen LogP contribution in [0.1, 0.15) is 22.8 Å². The first-order valence-corrected chi connectivity index (χ1v) is 8.34. The SMILES string of the molecule is CCOc1ccc(/C=N\NC(=O)c2cc3ccccc3cc2OC)cc1. The molecular weight excluding hydrogens is 328 g/mol. The number of benzene rings is 3. The Morgan fingerprint density at radius 1 is 1.08 bits per heavy atom. The van der Waals surface area contributed by atoms with E-state index in [0.29, 0.717) is 17.9 Å². The third-order valence-corrected chi connectivity index (χ3v) is 3.88. The molecule has 0 unspecified atom stereocenters. The number of carbonyl (C=O) groups is 1. The van der Waals surface area contributed by atoms with E-state index in [2.05, 4.69) is 10.5 Å². The molecule has 0 aromatic heterocycles. The van der Waals surface area contributed by atoms with Gasteiger partial charge in [-0.25, -0.2) is 5.43 Å². The maximum Gasteiger partial charge on any atom is 0.275 e. The number of nitrogens with zero attached hydrogens (tertiary/aromatic N) is 1. The van der Waals surface area contributed by atoms with Gasteiger partial charge in [-0.1, -0.05) is 24.3 Å². The monoisotopic (exact) mass is 348 g/mol. The van der Waals surface area contributed by atoms with Gasteiger partial charge in [0, 0.05) is 0 Å². The van der Waals surface area contributed by atoms with Crippen LogP contribution in [0, 0.1) is 0 Å². The van der Waals surface area contributed by atoms with Crippen LogP contribution in [0.4, 0.5) is 0 Å². The summed E-state index contributed by atoms with van der Waals surface area (Å²) in [7, 11) is 1.55. The Balaban J connectivity index is 1.74. The quantitative estimate of drug-likeness (QED) is 0.541. The Labute approximate surface area is 152 Å². The van der Waals surface area contributed by atoms with Crippen LogP contribution in [-0.2, 0) is 0 Å². The van der Waals surface area contributed by atoms with Crippen molar-refractivity contribution in [3.05, 3.63) is 71.8 Å². The van der Waals surface area contributed by atoms with Crippen LogP contribution in [0.3, 0.4) is 0 Å². The molecule has 5 heteroatoms. The van der Waals surface area contributed by atoms with Gasteiger partial charge in [0.15, 0.2) is 0 Å². The van der Waals surface area contributed by atoms with Crippen LogP contribution in [-0.4, -0.2) is 25.8 Å². The number of ether oxygens (including phenoxy) is 2. The van der Waals surface area contributed by atoms with E-state index in [1.165, 1.54) is 0 Å². The highest BCUT2D eigenvalue weighted by atomic mass is 16.5. The maximum absolute atomic E-state index is 12.5. The van der Waals surface area contributed by atoms with Crippen molar-refractivity contribution in [3.63, 3.8) is 0 Å². The van der Waals surface area contributed by atoms with Crippen molar-refractivity contribution in [2.45, 2.75) is 6.92 Å². The minimum absolute atomic E-state index is 0.324. The van der Waals surface area contributed by atoms with E-state index in [1.807, 2.05) is 61.5 Å². The first-order valence-electron chi connectivity index (χ1n) is 8.34. The van der Waals surface area contributed by atoms with Gasteiger partial charge in [0.2, 0.25) is 0 Å². The molecule has 3 aromatic rings. The molecule has 0 saturated heterocycles. The molecule has 5 nitrogen and oxygen atoms in total. The fraction of sp³-hybridized carbons (Fsp3) is 0.143. The van der Waals surface area contributed by atoms with Gasteiger partial charge >= 0.3 is 0 Å². The molecule has 0 aliphatic rings. The highest BCUT2D eigenvalue weighted by molar-refractivity contribution is 6.01. The lowest BCUT2D eigenvalue weighted by Crippen LogP contribution is -2.18. The summed E-state index contributed by atoms with van der Waals surface area (Å²) >= 11 is 0. The van der Waals surface area contributed by atoms with Crippen molar-refractivity contribution >= 4 is 22.9 Å². The highest BCUT2D eigenvalue weighted by Gasteiger charge is 2.13. The van der Waals surface area contributed by atoms with Gasteiger partial charge in [-0.2, -0.15) is 5.10 Å².